The predicted octanol–water partition coefficient (Wildman–Crippen LogP) is 0.257. The second-order valence-corrected chi connectivity index (χ2v) is 6.58. The lowest BCUT2D eigenvalue weighted by atomic mass is 10.3. The summed E-state index contributed by atoms with van der Waals surface area (Å²) in [7, 11) is -3.06. The minimum Gasteiger partial charge on any atom is -0.352 e. The lowest BCUT2D eigenvalue weighted by molar-refractivity contribution is 0.384. The maximum atomic E-state index is 11.7. The van der Waals surface area contributed by atoms with Gasteiger partial charge in [-0.25, -0.2) is 8.42 Å². The van der Waals surface area contributed by atoms with E-state index < -0.39 is 10.0 Å². The van der Waals surface area contributed by atoms with Gasteiger partial charge >= 0.3 is 0 Å². The fourth-order valence-corrected chi connectivity index (χ4v) is 3.02. The summed E-state index contributed by atoms with van der Waals surface area (Å²) in [5.41, 5.74) is 0.881. The molecule has 2 heterocycles. The van der Waals surface area contributed by atoms with Crippen molar-refractivity contribution in [2.75, 3.05) is 36.8 Å². The van der Waals surface area contributed by atoms with Crippen LogP contribution in [0.5, 0.6) is 0 Å². The number of piperazine rings is 1. The fraction of sp³-hybridized carbons (Fsp3) is 0.636. The highest BCUT2D eigenvalue weighted by Gasteiger charge is 2.25. The molecule has 0 saturated carbocycles. The van der Waals surface area contributed by atoms with Gasteiger partial charge in [-0.15, -0.1) is 5.10 Å². The third-order valence-corrected chi connectivity index (χ3v) is 4.99. The molecule has 100 valence electrons. The van der Waals surface area contributed by atoms with Crippen molar-refractivity contribution in [1.29, 1.82) is 0 Å². The van der Waals surface area contributed by atoms with Crippen LogP contribution in [0.15, 0.2) is 12.1 Å². The fourth-order valence-electron chi connectivity index (χ4n) is 1.94. The summed E-state index contributed by atoms with van der Waals surface area (Å²) in [4.78, 5) is 2.06. The van der Waals surface area contributed by atoms with Crippen LogP contribution in [-0.2, 0) is 10.0 Å². The molecule has 1 aliphatic rings. The van der Waals surface area contributed by atoms with Crippen LogP contribution in [0.25, 0.3) is 0 Å². The van der Waals surface area contributed by atoms with Gasteiger partial charge in [-0.3, -0.25) is 0 Å². The van der Waals surface area contributed by atoms with Crippen LogP contribution in [0.2, 0.25) is 0 Å². The first-order valence-electron chi connectivity index (χ1n) is 6.06. The molecule has 0 amide bonds. The minimum atomic E-state index is -3.06. The third kappa shape index (κ3) is 2.78. The number of aromatic nitrogens is 2. The van der Waals surface area contributed by atoms with Crippen molar-refractivity contribution < 1.29 is 8.42 Å². The Morgan fingerprint density at radius 2 is 1.83 bits per heavy atom. The van der Waals surface area contributed by atoms with Gasteiger partial charge in [-0.1, -0.05) is 0 Å². The molecule has 0 unspecified atom stereocenters. The van der Waals surface area contributed by atoms with Crippen LogP contribution in [0.3, 0.4) is 0 Å². The highest BCUT2D eigenvalue weighted by Crippen LogP contribution is 2.14. The largest absolute Gasteiger partial charge is 0.352 e. The molecule has 0 N–H and O–H groups in total. The van der Waals surface area contributed by atoms with Gasteiger partial charge in [0.15, 0.2) is 5.82 Å². The van der Waals surface area contributed by atoms with E-state index in [4.69, 9.17) is 0 Å². The van der Waals surface area contributed by atoms with Gasteiger partial charge < -0.3 is 4.90 Å². The summed E-state index contributed by atoms with van der Waals surface area (Å²) < 4.78 is 25.0. The quantitative estimate of drug-likeness (QED) is 0.788. The smallest absolute Gasteiger partial charge is 0.213 e. The van der Waals surface area contributed by atoms with E-state index in [2.05, 4.69) is 15.1 Å². The van der Waals surface area contributed by atoms with Crippen molar-refractivity contribution in [2.45, 2.75) is 13.8 Å². The van der Waals surface area contributed by atoms with Gasteiger partial charge in [0.25, 0.3) is 0 Å². The van der Waals surface area contributed by atoms with Crippen LogP contribution < -0.4 is 4.90 Å². The lowest BCUT2D eigenvalue weighted by Crippen LogP contribution is -2.49. The van der Waals surface area contributed by atoms with Gasteiger partial charge in [0, 0.05) is 26.2 Å². The van der Waals surface area contributed by atoms with Crippen LogP contribution in [0, 0.1) is 6.92 Å². The Kier molecular flexibility index (Phi) is 3.82. The number of hydrogen-bond acceptors (Lipinski definition) is 5. The normalized spacial score (nSPS) is 18.0. The van der Waals surface area contributed by atoms with Crippen LogP contribution in [0.4, 0.5) is 5.82 Å². The molecule has 18 heavy (non-hydrogen) atoms. The second-order valence-electron chi connectivity index (χ2n) is 4.32. The van der Waals surface area contributed by atoms with E-state index in [9.17, 15) is 8.42 Å². The average Bonchev–Trinajstić information content (AvgIpc) is 2.40. The van der Waals surface area contributed by atoms with Gasteiger partial charge in [0.05, 0.1) is 11.4 Å². The van der Waals surface area contributed by atoms with Crippen molar-refractivity contribution >= 4 is 15.8 Å². The average molecular weight is 270 g/mol. The van der Waals surface area contributed by atoms with Crippen molar-refractivity contribution in [3.8, 4) is 0 Å². The summed E-state index contributed by atoms with van der Waals surface area (Å²) in [5.74, 6) is 0.978. The molecular formula is C11H18N4O2S. The molecule has 1 fully saturated rings. The van der Waals surface area contributed by atoms with Gasteiger partial charge in [0.1, 0.15) is 0 Å². The van der Waals surface area contributed by atoms with Crippen molar-refractivity contribution in [2.24, 2.45) is 0 Å². The van der Waals surface area contributed by atoms with Crippen molar-refractivity contribution in [3.05, 3.63) is 17.8 Å². The van der Waals surface area contributed by atoms with Crippen LogP contribution >= 0.6 is 0 Å². The van der Waals surface area contributed by atoms with E-state index in [0.717, 1.165) is 11.5 Å². The Balaban J connectivity index is 2.01. The highest BCUT2D eigenvalue weighted by molar-refractivity contribution is 7.89. The van der Waals surface area contributed by atoms with Gasteiger partial charge in [-0.05, 0) is 26.0 Å². The highest BCUT2D eigenvalue weighted by atomic mass is 32.2. The number of hydrogen-bond donors (Lipinski definition) is 0. The molecule has 0 bridgehead atoms. The molecule has 0 spiro atoms. The van der Waals surface area contributed by atoms with E-state index in [1.807, 2.05) is 19.1 Å². The lowest BCUT2D eigenvalue weighted by Gasteiger charge is -2.34. The molecule has 1 aromatic heterocycles. The summed E-state index contributed by atoms with van der Waals surface area (Å²) in [6, 6.07) is 3.84. The molecule has 6 nitrogen and oxygen atoms in total. The Bertz CT molecular complexity index is 492. The summed E-state index contributed by atoms with van der Waals surface area (Å²) in [6.45, 7) is 5.93. The van der Waals surface area contributed by atoms with Gasteiger partial charge in [-0.2, -0.15) is 9.40 Å². The molecule has 7 heteroatoms. The van der Waals surface area contributed by atoms with Crippen molar-refractivity contribution in [3.63, 3.8) is 0 Å². The molecule has 0 aliphatic carbocycles. The molecule has 1 saturated heterocycles. The first-order chi connectivity index (χ1) is 8.53. The third-order valence-electron chi connectivity index (χ3n) is 3.10. The van der Waals surface area contributed by atoms with E-state index in [1.165, 1.54) is 0 Å². The Morgan fingerprint density at radius 3 is 2.33 bits per heavy atom. The number of sulfonamides is 1. The summed E-state index contributed by atoms with van der Waals surface area (Å²) in [6.07, 6.45) is 0. The Morgan fingerprint density at radius 1 is 1.17 bits per heavy atom. The van der Waals surface area contributed by atoms with Crippen LogP contribution in [-0.4, -0.2) is 54.9 Å². The Labute approximate surface area is 108 Å². The first-order valence-corrected chi connectivity index (χ1v) is 7.67. The monoisotopic (exact) mass is 270 g/mol. The zero-order valence-electron chi connectivity index (χ0n) is 10.7. The summed E-state index contributed by atoms with van der Waals surface area (Å²) >= 11 is 0. The maximum absolute atomic E-state index is 11.7. The maximum Gasteiger partial charge on any atom is 0.213 e. The molecule has 0 atom stereocenters. The molecule has 2 rings (SSSR count). The molecule has 0 aromatic carbocycles. The molecule has 1 aliphatic heterocycles. The second kappa shape index (κ2) is 5.19. The number of aryl methyl sites for hydroxylation is 1. The van der Waals surface area contributed by atoms with Crippen molar-refractivity contribution in [1.82, 2.24) is 14.5 Å². The standard InChI is InChI=1S/C11H18N4O2S/c1-3-18(16,17)15-8-6-14(7-9-15)11-5-4-10(2)12-13-11/h4-5H,3,6-9H2,1-2H3. The zero-order chi connectivity index (χ0) is 13.2. The Hall–Kier alpha value is -1.21. The topological polar surface area (TPSA) is 66.4 Å². The first kappa shape index (κ1) is 13.2. The predicted molar refractivity (Wildman–Crippen MR) is 70.0 cm³/mol. The van der Waals surface area contributed by atoms with E-state index >= 15 is 0 Å². The van der Waals surface area contributed by atoms with E-state index in [-0.39, 0.29) is 5.75 Å². The molecule has 1 aromatic rings. The molecular weight excluding hydrogens is 252 g/mol. The van der Waals surface area contributed by atoms with Gasteiger partial charge in [0.2, 0.25) is 10.0 Å². The van der Waals surface area contributed by atoms with Crippen LogP contribution in [0.1, 0.15) is 12.6 Å². The van der Waals surface area contributed by atoms with E-state index in [0.29, 0.717) is 26.2 Å². The molecule has 0 radical (unpaired) electrons. The number of nitrogens with zero attached hydrogens (tertiary/aromatic N) is 4. The minimum absolute atomic E-state index is 0.164. The zero-order valence-corrected chi connectivity index (χ0v) is 11.5. The SMILES string of the molecule is CCS(=O)(=O)N1CCN(c2ccc(C)nn2)CC1. The van der Waals surface area contributed by atoms with E-state index in [1.54, 1.807) is 11.2 Å². The summed E-state index contributed by atoms with van der Waals surface area (Å²) in [5, 5.41) is 8.13. The number of anilines is 1. The number of rotatable bonds is 3.